The van der Waals surface area contributed by atoms with Crippen LogP contribution in [0, 0.1) is 18.6 Å². The largest absolute Gasteiger partial charge is 0.486 e. The number of aromatic nitrogens is 3. The van der Waals surface area contributed by atoms with Crippen molar-refractivity contribution in [3.63, 3.8) is 0 Å². The molecule has 1 saturated heterocycles. The minimum absolute atomic E-state index is 0.0234. The zero-order chi connectivity index (χ0) is 23.7. The highest BCUT2D eigenvalue weighted by molar-refractivity contribution is 6.09. The Morgan fingerprint density at radius 2 is 1.88 bits per heavy atom. The first-order valence-electron chi connectivity index (χ1n) is 10.9. The van der Waals surface area contributed by atoms with E-state index in [9.17, 15) is 13.6 Å². The maximum atomic E-state index is 13.9. The number of nitrogens with one attached hydrogen (secondary N) is 1. The molecular weight excluding hydrogens is 448 g/mol. The Labute approximate surface area is 192 Å². The second kappa shape index (κ2) is 9.08. The van der Waals surface area contributed by atoms with Crippen molar-refractivity contribution in [1.29, 1.82) is 0 Å². The van der Waals surface area contributed by atoms with Crippen LogP contribution in [0.5, 0.6) is 5.75 Å². The van der Waals surface area contributed by atoms with Crippen molar-refractivity contribution in [2.24, 2.45) is 0 Å². The molecule has 2 aromatic heterocycles. The third kappa shape index (κ3) is 4.16. The topological polar surface area (TPSA) is 107 Å². The molecule has 1 aliphatic heterocycles. The molecule has 0 aliphatic carbocycles. The van der Waals surface area contributed by atoms with E-state index in [4.69, 9.17) is 13.9 Å². The van der Waals surface area contributed by atoms with Crippen molar-refractivity contribution >= 4 is 28.3 Å². The third-order valence-corrected chi connectivity index (χ3v) is 5.80. The summed E-state index contributed by atoms with van der Waals surface area (Å²) in [5.74, 6) is -1.95. The van der Waals surface area contributed by atoms with Gasteiger partial charge in [-0.05, 0) is 60.8 Å². The summed E-state index contributed by atoms with van der Waals surface area (Å²) in [5.41, 5.74) is 2.60. The number of aryl methyl sites for hydroxylation is 1. The van der Waals surface area contributed by atoms with Crippen LogP contribution in [-0.2, 0) is 6.61 Å². The van der Waals surface area contributed by atoms with E-state index >= 15 is 0 Å². The second-order valence-corrected chi connectivity index (χ2v) is 8.02. The van der Waals surface area contributed by atoms with E-state index in [2.05, 4.69) is 25.7 Å². The van der Waals surface area contributed by atoms with Gasteiger partial charge in [-0.15, -0.1) is 0 Å². The monoisotopic (exact) mass is 469 g/mol. The summed E-state index contributed by atoms with van der Waals surface area (Å²) in [5, 5.41) is 14.6. The second-order valence-electron chi connectivity index (χ2n) is 8.02. The summed E-state index contributed by atoms with van der Waals surface area (Å²) in [4.78, 5) is 15.3. The highest BCUT2D eigenvalue weighted by Gasteiger charge is 2.24. The number of hydrogen-bond acceptors (Lipinski definition) is 8. The van der Waals surface area contributed by atoms with Gasteiger partial charge >= 0.3 is 0 Å². The van der Waals surface area contributed by atoms with Gasteiger partial charge in [-0.3, -0.25) is 4.79 Å². The summed E-state index contributed by atoms with van der Waals surface area (Å²) < 4.78 is 42.6. The van der Waals surface area contributed by atoms with Gasteiger partial charge in [-0.1, -0.05) is 5.16 Å². The van der Waals surface area contributed by atoms with E-state index in [0.717, 1.165) is 37.7 Å². The fourth-order valence-corrected chi connectivity index (χ4v) is 4.01. The SMILES string of the molecule is Cc1onc(C(=O)Nc2ccc(N3CCCCC3)c3nonc23)c1COc1ccc(F)cc1F. The van der Waals surface area contributed by atoms with Crippen LogP contribution in [0.25, 0.3) is 11.0 Å². The Kier molecular flexibility index (Phi) is 5.83. The van der Waals surface area contributed by atoms with Crippen LogP contribution in [0.15, 0.2) is 39.5 Å². The van der Waals surface area contributed by atoms with E-state index in [0.29, 0.717) is 34.1 Å². The average Bonchev–Trinajstić information content (AvgIpc) is 3.47. The molecule has 34 heavy (non-hydrogen) atoms. The van der Waals surface area contributed by atoms with E-state index in [1.807, 2.05) is 6.07 Å². The van der Waals surface area contributed by atoms with Gasteiger partial charge in [-0.25, -0.2) is 13.4 Å². The Bertz CT molecular complexity index is 1350. The minimum Gasteiger partial charge on any atom is -0.486 e. The molecule has 0 unspecified atom stereocenters. The van der Waals surface area contributed by atoms with Gasteiger partial charge in [-0.2, -0.15) is 0 Å². The molecule has 0 atom stereocenters. The number of carbonyl (C=O) groups excluding carboxylic acids is 1. The molecular formula is C23H21F2N5O4. The van der Waals surface area contributed by atoms with Gasteiger partial charge in [0, 0.05) is 19.2 Å². The standard InChI is InChI=1S/C23H21F2N5O4/c1-13-15(12-32-19-8-5-14(24)11-16(19)25)20(27-33-13)23(31)26-17-6-7-18(22-21(17)28-34-29-22)30-9-3-2-4-10-30/h5-8,11H,2-4,9-10,12H2,1H3,(H,26,31). The first-order chi connectivity index (χ1) is 16.5. The highest BCUT2D eigenvalue weighted by Crippen LogP contribution is 2.32. The number of carbonyl (C=O) groups is 1. The number of rotatable bonds is 6. The van der Waals surface area contributed by atoms with Crippen LogP contribution in [0.2, 0.25) is 0 Å². The first-order valence-corrected chi connectivity index (χ1v) is 10.9. The van der Waals surface area contributed by atoms with Gasteiger partial charge < -0.3 is 19.5 Å². The van der Waals surface area contributed by atoms with Gasteiger partial charge in [0.25, 0.3) is 5.91 Å². The van der Waals surface area contributed by atoms with Crippen LogP contribution in [0.1, 0.15) is 41.1 Å². The number of ether oxygens (including phenoxy) is 1. The third-order valence-electron chi connectivity index (χ3n) is 5.80. The smallest absolute Gasteiger partial charge is 0.278 e. The summed E-state index contributed by atoms with van der Waals surface area (Å²) in [6.45, 7) is 3.25. The van der Waals surface area contributed by atoms with Crippen LogP contribution in [0.3, 0.4) is 0 Å². The lowest BCUT2D eigenvalue weighted by Crippen LogP contribution is -2.29. The maximum absolute atomic E-state index is 13.9. The molecule has 0 saturated carbocycles. The predicted molar refractivity (Wildman–Crippen MR) is 118 cm³/mol. The van der Waals surface area contributed by atoms with Gasteiger partial charge in [0.1, 0.15) is 18.2 Å². The molecule has 1 N–H and O–H groups in total. The number of benzene rings is 2. The lowest BCUT2D eigenvalue weighted by atomic mass is 10.1. The van der Waals surface area contributed by atoms with Gasteiger partial charge in [0.05, 0.1) is 16.9 Å². The number of anilines is 2. The lowest BCUT2D eigenvalue weighted by molar-refractivity contribution is 0.101. The van der Waals surface area contributed by atoms with Crippen LogP contribution >= 0.6 is 0 Å². The van der Waals surface area contributed by atoms with Crippen molar-refractivity contribution in [3.05, 3.63) is 59.0 Å². The van der Waals surface area contributed by atoms with E-state index in [1.54, 1.807) is 13.0 Å². The molecule has 0 spiro atoms. The summed E-state index contributed by atoms with van der Waals surface area (Å²) >= 11 is 0. The maximum Gasteiger partial charge on any atom is 0.278 e. The minimum atomic E-state index is -0.852. The number of fused-ring (bicyclic) bond motifs is 1. The molecule has 0 radical (unpaired) electrons. The molecule has 176 valence electrons. The van der Waals surface area contributed by atoms with Crippen LogP contribution in [-0.4, -0.2) is 34.5 Å². The Morgan fingerprint density at radius 1 is 1.09 bits per heavy atom. The van der Waals surface area contributed by atoms with Crippen LogP contribution < -0.4 is 15.0 Å². The van der Waals surface area contributed by atoms with Crippen molar-refractivity contribution in [2.75, 3.05) is 23.3 Å². The fourth-order valence-electron chi connectivity index (χ4n) is 4.01. The van der Waals surface area contributed by atoms with E-state index < -0.39 is 17.5 Å². The van der Waals surface area contributed by atoms with E-state index in [1.165, 1.54) is 12.5 Å². The van der Waals surface area contributed by atoms with Gasteiger partial charge in [0.2, 0.25) is 0 Å². The quantitative estimate of drug-likeness (QED) is 0.436. The molecule has 5 rings (SSSR count). The Hall–Kier alpha value is -4.02. The number of nitrogens with zero attached hydrogens (tertiary/aromatic N) is 4. The zero-order valence-electron chi connectivity index (χ0n) is 18.3. The zero-order valence-corrected chi connectivity index (χ0v) is 18.3. The predicted octanol–water partition coefficient (Wildman–Crippen LogP) is 4.62. The molecule has 1 fully saturated rings. The summed E-state index contributed by atoms with van der Waals surface area (Å²) in [7, 11) is 0. The molecule has 4 aromatic rings. The molecule has 3 heterocycles. The van der Waals surface area contributed by atoms with Crippen LogP contribution in [0.4, 0.5) is 20.2 Å². The van der Waals surface area contributed by atoms with E-state index in [-0.39, 0.29) is 18.1 Å². The van der Waals surface area contributed by atoms with Gasteiger partial charge in [0.15, 0.2) is 28.3 Å². The highest BCUT2D eigenvalue weighted by atomic mass is 19.1. The van der Waals surface area contributed by atoms with Crippen molar-refractivity contribution < 1.29 is 27.5 Å². The normalized spacial score (nSPS) is 13.9. The number of piperidine rings is 1. The summed E-state index contributed by atoms with van der Waals surface area (Å²) in [6.07, 6.45) is 3.40. The lowest BCUT2D eigenvalue weighted by Gasteiger charge is -2.28. The molecule has 1 aliphatic rings. The number of amides is 1. The molecule has 9 nitrogen and oxygen atoms in total. The number of halogens is 2. The average molecular weight is 469 g/mol. The first kappa shape index (κ1) is 21.8. The molecule has 2 aromatic carbocycles. The summed E-state index contributed by atoms with van der Waals surface area (Å²) in [6, 6.07) is 6.59. The molecule has 11 heteroatoms. The fraction of sp³-hybridized carbons (Fsp3) is 0.304. The van der Waals surface area contributed by atoms with Crippen molar-refractivity contribution in [1.82, 2.24) is 15.5 Å². The Balaban J connectivity index is 1.36. The molecule has 0 bridgehead atoms. The molecule has 1 amide bonds. The van der Waals surface area contributed by atoms with Crippen molar-refractivity contribution in [2.45, 2.75) is 32.8 Å². The van der Waals surface area contributed by atoms with Crippen molar-refractivity contribution in [3.8, 4) is 5.75 Å². The Morgan fingerprint density at radius 3 is 2.68 bits per heavy atom. The number of hydrogen-bond donors (Lipinski definition) is 1.